The zero-order valence-corrected chi connectivity index (χ0v) is 19.2. The number of hydrogen-bond donors (Lipinski definition) is 1. The maximum absolute atomic E-state index is 12.4. The zero-order valence-electron chi connectivity index (χ0n) is 18.4. The van der Waals surface area contributed by atoms with Crippen LogP contribution in [0.4, 0.5) is 0 Å². The van der Waals surface area contributed by atoms with E-state index >= 15 is 0 Å². The number of carbonyl (C=O) groups is 2. The van der Waals surface area contributed by atoms with Crippen molar-refractivity contribution in [2.24, 2.45) is 5.10 Å². The third kappa shape index (κ3) is 6.57. The minimum Gasteiger partial charge on any atom is -0.493 e. The Hall–Kier alpha value is -3.84. The second-order valence-corrected chi connectivity index (χ2v) is 7.54. The highest BCUT2D eigenvalue weighted by molar-refractivity contribution is 6.33. The summed E-state index contributed by atoms with van der Waals surface area (Å²) in [6.45, 7) is 3.74. The van der Waals surface area contributed by atoms with Crippen molar-refractivity contribution in [3.8, 4) is 17.2 Å². The van der Waals surface area contributed by atoms with Gasteiger partial charge in [0.2, 0.25) is 0 Å². The van der Waals surface area contributed by atoms with Gasteiger partial charge in [0.05, 0.1) is 23.9 Å². The molecule has 0 saturated heterocycles. The molecule has 0 unspecified atom stereocenters. The molecule has 3 aromatic carbocycles. The molecule has 0 radical (unpaired) electrons. The number of nitrogens with zero attached hydrogens (tertiary/aromatic N) is 1. The van der Waals surface area contributed by atoms with E-state index < -0.39 is 11.9 Å². The van der Waals surface area contributed by atoms with Gasteiger partial charge >= 0.3 is 5.97 Å². The first-order valence-electron chi connectivity index (χ1n) is 10.0. The van der Waals surface area contributed by atoms with Gasteiger partial charge in [-0.15, -0.1) is 0 Å². The number of methoxy groups -OCH3 is 1. The summed E-state index contributed by atoms with van der Waals surface area (Å²) in [5, 5.41) is 4.22. The van der Waals surface area contributed by atoms with E-state index in [1.807, 2.05) is 32.0 Å². The molecule has 0 heterocycles. The van der Waals surface area contributed by atoms with Crippen molar-refractivity contribution in [1.29, 1.82) is 0 Å². The smallest absolute Gasteiger partial charge is 0.345 e. The Morgan fingerprint density at radius 2 is 1.76 bits per heavy atom. The molecule has 170 valence electrons. The van der Waals surface area contributed by atoms with Crippen LogP contribution in [0.15, 0.2) is 65.8 Å². The molecule has 8 heteroatoms. The molecule has 0 aromatic heterocycles. The maximum atomic E-state index is 12.4. The minimum atomic E-state index is -0.601. The van der Waals surface area contributed by atoms with Crippen molar-refractivity contribution in [1.82, 2.24) is 5.43 Å². The van der Waals surface area contributed by atoms with E-state index in [0.29, 0.717) is 22.1 Å². The van der Waals surface area contributed by atoms with Gasteiger partial charge in [-0.3, -0.25) is 4.79 Å². The minimum absolute atomic E-state index is 0.165. The molecule has 33 heavy (non-hydrogen) atoms. The quantitative estimate of drug-likeness (QED) is 0.225. The maximum Gasteiger partial charge on any atom is 0.345 e. The Labute approximate surface area is 196 Å². The number of esters is 1. The van der Waals surface area contributed by atoms with Gasteiger partial charge in [-0.05, 0) is 61.4 Å². The Balaban J connectivity index is 1.58. The van der Waals surface area contributed by atoms with Crippen molar-refractivity contribution < 1.29 is 23.8 Å². The van der Waals surface area contributed by atoms with Crippen LogP contribution in [0.3, 0.4) is 0 Å². The summed E-state index contributed by atoms with van der Waals surface area (Å²) in [4.78, 5) is 24.4. The third-order valence-electron chi connectivity index (χ3n) is 4.58. The fraction of sp³-hybridized carbons (Fsp3) is 0.160. The molecule has 0 atom stereocenters. The summed E-state index contributed by atoms with van der Waals surface area (Å²) < 4.78 is 16.2. The lowest BCUT2D eigenvalue weighted by Gasteiger charge is -2.10. The van der Waals surface area contributed by atoms with Gasteiger partial charge in [0.25, 0.3) is 5.91 Å². The van der Waals surface area contributed by atoms with E-state index in [1.165, 1.54) is 13.3 Å². The number of hydrazone groups is 1. The number of benzene rings is 3. The van der Waals surface area contributed by atoms with Gasteiger partial charge < -0.3 is 14.2 Å². The molecule has 3 rings (SSSR count). The van der Waals surface area contributed by atoms with Crippen molar-refractivity contribution >= 4 is 29.7 Å². The predicted molar refractivity (Wildman–Crippen MR) is 127 cm³/mol. The molecule has 0 saturated carbocycles. The average Bonchev–Trinajstić information content (AvgIpc) is 2.79. The molecule has 0 bridgehead atoms. The number of amides is 1. The monoisotopic (exact) mass is 466 g/mol. The van der Waals surface area contributed by atoms with Crippen molar-refractivity contribution in [2.45, 2.75) is 13.8 Å². The molecule has 0 aliphatic carbocycles. The zero-order chi connectivity index (χ0) is 23.8. The fourth-order valence-corrected chi connectivity index (χ4v) is 3.16. The number of rotatable bonds is 8. The molecule has 0 aliphatic rings. The van der Waals surface area contributed by atoms with Crippen molar-refractivity contribution in [3.05, 3.63) is 87.9 Å². The van der Waals surface area contributed by atoms with Crippen LogP contribution in [0.5, 0.6) is 17.2 Å². The highest BCUT2D eigenvalue weighted by atomic mass is 35.5. The standard InChI is InChI=1S/C25H23ClN2O5/c1-16-8-10-21(17(2)12-16)32-15-24(29)28-27-14-18-9-11-22(23(13-18)31-3)33-25(30)19-6-4-5-7-20(19)26/h4-14H,15H2,1-3H3,(H,28,29). The number of nitrogens with one attached hydrogen (secondary N) is 1. The van der Waals surface area contributed by atoms with Gasteiger partial charge in [0, 0.05) is 0 Å². The summed E-state index contributed by atoms with van der Waals surface area (Å²) in [5.74, 6) is 0.195. The van der Waals surface area contributed by atoms with E-state index in [2.05, 4.69) is 10.5 Å². The summed E-state index contributed by atoms with van der Waals surface area (Å²) in [6.07, 6.45) is 1.44. The van der Waals surface area contributed by atoms with Gasteiger partial charge in [-0.1, -0.05) is 41.4 Å². The first-order valence-corrected chi connectivity index (χ1v) is 10.4. The van der Waals surface area contributed by atoms with Gasteiger partial charge in [-0.25, -0.2) is 10.2 Å². The second kappa shape index (κ2) is 11.2. The number of ether oxygens (including phenoxy) is 3. The first kappa shape index (κ1) is 23.8. The van der Waals surface area contributed by atoms with E-state index in [-0.39, 0.29) is 17.9 Å². The summed E-state index contributed by atoms with van der Waals surface area (Å²) >= 11 is 6.05. The molecule has 7 nitrogen and oxygen atoms in total. The Kier molecular flexibility index (Phi) is 8.05. The summed E-state index contributed by atoms with van der Waals surface area (Å²) in [5.41, 5.74) is 5.35. The number of hydrogen-bond acceptors (Lipinski definition) is 6. The first-order chi connectivity index (χ1) is 15.9. The second-order valence-electron chi connectivity index (χ2n) is 7.13. The molecule has 0 spiro atoms. The van der Waals surface area contributed by atoms with Crippen LogP contribution in [-0.4, -0.2) is 31.8 Å². The van der Waals surface area contributed by atoms with Crippen LogP contribution in [0.2, 0.25) is 5.02 Å². The van der Waals surface area contributed by atoms with Gasteiger partial charge in [0.15, 0.2) is 18.1 Å². The van der Waals surface area contributed by atoms with Crippen LogP contribution < -0.4 is 19.6 Å². The van der Waals surface area contributed by atoms with Gasteiger partial charge in [-0.2, -0.15) is 5.10 Å². The van der Waals surface area contributed by atoms with Crippen molar-refractivity contribution in [2.75, 3.05) is 13.7 Å². The van der Waals surface area contributed by atoms with Gasteiger partial charge in [0.1, 0.15) is 5.75 Å². The molecule has 0 aliphatic heterocycles. The summed E-state index contributed by atoms with van der Waals surface area (Å²) in [7, 11) is 1.45. The molecule has 1 amide bonds. The highest BCUT2D eigenvalue weighted by Gasteiger charge is 2.15. The van der Waals surface area contributed by atoms with Crippen LogP contribution >= 0.6 is 11.6 Å². The third-order valence-corrected chi connectivity index (χ3v) is 4.91. The number of aryl methyl sites for hydroxylation is 2. The van der Waals surface area contributed by atoms with Crippen LogP contribution in [-0.2, 0) is 4.79 Å². The molecule has 0 fully saturated rings. The molecule has 3 aromatic rings. The highest BCUT2D eigenvalue weighted by Crippen LogP contribution is 2.29. The Bertz CT molecular complexity index is 1190. The average molecular weight is 467 g/mol. The Morgan fingerprint density at radius 3 is 2.48 bits per heavy atom. The SMILES string of the molecule is COc1cc(C=NNC(=O)COc2ccc(C)cc2C)ccc1OC(=O)c1ccccc1Cl. The number of carbonyl (C=O) groups excluding carboxylic acids is 2. The van der Waals surface area contributed by atoms with E-state index in [0.717, 1.165) is 11.1 Å². The van der Waals surface area contributed by atoms with Crippen molar-refractivity contribution in [3.63, 3.8) is 0 Å². The summed E-state index contributed by atoms with van der Waals surface area (Å²) in [6, 6.07) is 17.2. The Morgan fingerprint density at radius 1 is 1.00 bits per heavy atom. The fourth-order valence-electron chi connectivity index (χ4n) is 2.95. The lowest BCUT2D eigenvalue weighted by molar-refractivity contribution is -0.123. The number of halogens is 1. The van der Waals surface area contributed by atoms with E-state index in [1.54, 1.807) is 42.5 Å². The predicted octanol–water partition coefficient (Wildman–Crippen LogP) is 4.71. The van der Waals surface area contributed by atoms with Crippen LogP contribution in [0.25, 0.3) is 0 Å². The molecule has 1 N–H and O–H groups in total. The molecular weight excluding hydrogens is 444 g/mol. The lowest BCUT2D eigenvalue weighted by atomic mass is 10.1. The lowest BCUT2D eigenvalue weighted by Crippen LogP contribution is -2.24. The van der Waals surface area contributed by atoms with E-state index in [4.69, 9.17) is 25.8 Å². The normalized spacial score (nSPS) is 10.7. The van der Waals surface area contributed by atoms with E-state index in [9.17, 15) is 9.59 Å². The topological polar surface area (TPSA) is 86.2 Å². The van der Waals surface area contributed by atoms with Crippen LogP contribution in [0, 0.1) is 13.8 Å². The molecular formula is C25H23ClN2O5. The van der Waals surface area contributed by atoms with Crippen LogP contribution in [0.1, 0.15) is 27.0 Å². The largest absolute Gasteiger partial charge is 0.493 e.